The van der Waals surface area contributed by atoms with Gasteiger partial charge in [0.2, 0.25) is 5.91 Å². The standard InChI is InChI=1S/C20H31N3O3/c1-15-6-5-7-16(14-15)20(2,3)22-19(25)21-17-8-11-23(12-9-17)18(24)10-13-26-4/h5-7,14,17H,8-13H2,1-4H3,(H2,21,22,25). The first-order chi connectivity index (χ1) is 12.3. The molecule has 3 amide bonds. The number of hydrogen-bond donors (Lipinski definition) is 2. The molecule has 1 saturated heterocycles. The highest BCUT2D eigenvalue weighted by molar-refractivity contribution is 5.77. The second-order valence-corrected chi connectivity index (χ2v) is 7.49. The first-order valence-corrected chi connectivity index (χ1v) is 9.24. The van der Waals surface area contributed by atoms with Gasteiger partial charge in [-0.1, -0.05) is 29.8 Å². The molecule has 0 aliphatic carbocycles. The van der Waals surface area contributed by atoms with Crippen molar-refractivity contribution in [2.24, 2.45) is 0 Å². The third-order valence-corrected chi connectivity index (χ3v) is 4.87. The minimum Gasteiger partial charge on any atom is -0.384 e. The van der Waals surface area contributed by atoms with Crippen LogP contribution in [0.25, 0.3) is 0 Å². The number of hydrogen-bond acceptors (Lipinski definition) is 3. The molecule has 0 radical (unpaired) electrons. The smallest absolute Gasteiger partial charge is 0.315 e. The first-order valence-electron chi connectivity index (χ1n) is 9.24. The van der Waals surface area contributed by atoms with Gasteiger partial charge in [0.05, 0.1) is 18.6 Å². The number of piperidine rings is 1. The number of benzene rings is 1. The van der Waals surface area contributed by atoms with E-state index in [-0.39, 0.29) is 18.0 Å². The van der Waals surface area contributed by atoms with Crippen LogP contribution in [-0.4, -0.2) is 49.7 Å². The third kappa shape index (κ3) is 5.73. The lowest BCUT2D eigenvalue weighted by Crippen LogP contribution is -2.52. The van der Waals surface area contributed by atoms with Crippen LogP contribution in [-0.2, 0) is 15.1 Å². The molecule has 0 unspecified atom stereocenters. The van der Waals surface area contributed by atoms with Gasteiger partial charge >= 0.3 is 6.03 Å². The molecule has 0 saturated carbocycles. The van der Waals surface area contributed by atoms with Crippen LogP contribution >= 0.6 is 0 Å². The van der Waals surface area contributed by atoms with E-state index in [1.165, 1.54) is 5.56 Å². The highest BCUT2D eigenvalue weighted by Gasteiger charge is 2.27. The summed E-state index contributed by atoms with van der Waals surface area (Å²) in [5, 5.41) is 6.11. The molecule has 26 heavy (non-hydrogen) atoms. The van der Waals surface area contributed by atoms with Crippen molar-refractivity contribution in [3.05, 3.63) is 35.4 Å². The molecule has 0 aromatic heterocycles. The van der Waals surface area contributed by atoms with Gasteiger partial charge in [0.15, 0.2) is 0 Å². The van der Waals surface area contributed by atoms with Crippen molar-refractivity contribution in [2.45, 2.75) is 51.6 Å². The maximum Gasteiger partial charge on any atom is 0.315 e. The van der Waals surface area contributed by atoms with Crippen LogP contribution in [0.15, 0.2) is 24.3 Å². The van der Waals surface area contributed by atoms with Gasteiger partial charge in [0.25, 0.3) is 0 Å². The lowest BCUT2D eigenvalue weighted by molar-refractivity contribution is -0.133. The molecule has 144 valence electrons. The Morgan fingerprint density at radius 1 is 1.27 bits per heavy atom. The Morgan fingerprint density at radius 2 is 1.96 bits per heavy atom. The van der Waals surface area contributed by atoms with E-state index in [0.717, 1.165) is 18.4 Å². The Balaban J connectivity index is 1.81. The van der Waals surface area contributed by atoms with Crippen molar-refractivity contribution in [3.63, 3.8) is 0 Å². The summed E-state index contributed by atoms with van der Waals surface area (Å²) in [5.74, 6) is 0.121. The summed E-state index contributed by atoms with van der Waals surface area (Å²) in [6, 6.07) is 8.08. The summed E-state index contributed by atoms with van der Waals surface area (Å²) in [7, 11) is 1.60. The lowest BCUT2D eigenvalue weighted by atomic mass is 9.93. The van der Waals surface area contributed by atoms with Crippen molar-refractivity contribution in [1.29, 1.82) is 0 Å². The monoisotopic (exact) mass is 361 g/mol. The van der Waals surface area contributed by atoms with Gasteiger partial charge in [-0.15, -0.1) is 0 Å². The van der Waals surface area contributed by atoms with E-state index in [4.69, 9.17) is 4.74 Å². The van der Waals surface area contributed by atoms with Crippen LogP contribution < -0.4 is 10.6 Å². The number of nitrogens with one attached hydrogen (secondary N) is 2. The number of methoxy groups -OCH3 is 1. The van der Waals surface area contributed by atoms with E-state index in [2.05, 4.69) is 16.7 Å². The molecular weight excluding hydrogens is 330 g/mol. The van der Waals surface area contributed by atoms with Crippen LogP contribution in [0, 0.1) is 6.92 Å². The van der Waals surface area contributed by atoms with Gasteiger partial charge in [-0.2, -0.15) is 0 Å². The number of ether oxygens (including phenoxy) is 1. The number of nitrogens with zero attached hydrogens (tertiary/aromatic N) is 1. The van der Waals surface area contributed by atoms with Crippen molar-refractivity contribution in [3.8, 4) is 0 Å². The number of urea groups is 1. The molecule has 1 aromatic carbocycles. The normalized spacial score (nSPS) is 15.6. The summed E-state index contributed by atoms with van der Waals surface area (Å²) in [6.07, 6.45) is 1.97. The summed E-state index contributed by atoms with van der Waals surface area (Å²) in [4.78, 5) is 26.3. The number of rotatable bonds is 6. The molecule has 6 heteroatoms. The Morgan fingerprint density at radius 3 is 2.58 bits per heavy atom. The maximum atomic E-state index is 12.4. The molecule has 0 atom stereocenters. The zero-order valence-corrected chi connectivity index (χ0v) is 16.3. The minimum atomic E-state index is -0.451. The average Bonchev–Trinajstić information content (AvgIpc) is 2.59. The van der Waals surface area contributed by atoms with Crippen molar-refractivity contribution in [1.82, 2.24) is 15.5 Å². The van der Waals surface area contributed by atoms with E-state index < -0.39 is 5.54 Å². The third-order valence-electron chi connectivity index (χ3n) is 4.87. The minimum absolute atomic E-state index is 0.0924. The van der Waals surface area contributed by atoms with Gasteiger partial charge in [-0.05, 0) is 39.2 Å². The quantitative estimate of drug-likeness (QED) is 0.818. The van der Waals surface area contributed by atoms with Crippen LogP contribution in [0.4, 0.5) is 4.79 Å². The Hall–Kier alpha value is -2.08. The van der Waals surface area contributed by atoms with E-state index >= 15 is 0 Å². The molecular formula is C20H31N3O3. The molecule has 2 N–H and O–H groups in total. The number of carbonyl (C=O) groups excluding carboxylic acids is 2. The lowest BCUT2D eigenvalue weighted by Gasteiger charge is -2.34. The summed E-state index contributed by atoms with van der Waals surface area (Å²) >= 11 is 0. The topological polar surface area (TPSA) is 70.7 Å². The van der Waals surface area contributed by atoms with Crippen molar-refractivity contribution >= 4 is 11.9 Å². The molecule has 1 fully saturated rings. The van der Waals surface area contributed by atoms with Crippen LogP contribution in [0.2, 0.25) is 0 Å². The number of carbonyl (C=O) groups is 2. The highest BCUT2D eigenvalue weighted by atomic mass is 16.5. The first kappa shape index (κ1) is 20.2. The van der Waals surface area contributed by atoms with Gasteiger partial charge in [-0.25, -0.2) is 4.79 Å². The highest BCUT2D eigenvalue weighted by Crippen LogP contribution is 2.21. The number of likely N-dealkylation sites (tertiary alicyclic amines) is 1. The van der Waals surface area contributed by atoms with Gasteiger partial charge < -0.3 is 20.3 Å². The van der Waals surface area contributed by atoms with E-state index in [0.29, 0.717) is 26.1 Å². The summed E-state index contributed by atoms with van der Waals surface area (Å²) in [6.45, 7) is 7.84. The van der Waals surface area contributed by atoms with Crippen LogP contribution in [0.5, 0.6) is 0 Å². The van der Waals surface area contributed by atoms with E-state index in [9.17, 15) is 9.59 Å². The Labute approximate surface area is 156 Å². The molecule has 0 spiro atoms. The fourth-order valence-electron chi connectivity index (χ4n) is 3.23. The Kier molecular flexibility index (Phi) is 7.03. The Bertz CT molecular complexity index is 622. The zero-order chi connectivity index (χ0) is 19.2. The van der Waals surface area contributed by atoms with Crippen LogP contribution in [0.3, 0.4) is 0 Å². The fraction of sp³-hybridized carbons (Fsp3) is 0.600. The van der Waals surface area contributed by atoms with Gasteiger partial charge in [0, 0.05) is 26.2 Å². The molecule has 2 rings (SSSR count). The van der Waals surface area contributed by atoms with Gasteiger partial charge in [0.1, 0.15) is 0 Å². The average molecular weight is 361 g/mol. The van der Waals surface area contributed by atoms with E-state index in [1.807, 2.05) is 43.9 Å². The predicted octanol–water partition coefficient (Wildman–Crippen LogP) is 2.56. The second-order valence-electron chi connectivity index (χ2n) is 7.49. The van der Waals surface area contributed by atoms with E-state index in [1.54, 1.807) is 7.11 Å². The molecule has 1 heterocycles. The molecule has 1 aliphatic heterocycles. The second kappa shape index (κ2) is 9.03. The summed E-state index contributed by atoms with van der Waals surface area (Å²) < 4.78 is 4.95. The SMILES string of the molecule is COCCC(=O)N1CCC(NC(=O)NC(C)(C)c2cccc(C)c2)CC1. The van der Waals surface area contributed by atoms with Crippen molar-refractivity contribution < 1.29 is 14.3 Å². The zero-order valence-electron chi connectivity index (χ0n) is 16.3. The largest absolute Gasteiger partial charge is 0.384 e. The van der Waals surface area contributed by atoms with Crippen LogP contribution in [0.1, 0.15) is 44.2 Å². The molecule has 6 nitrogen and oxygen atoms in total. The summed E-state index contributed by atoms with van der Waals surface area (Å²) in [5.41, 5.74) is 1.79. The number of amides is 3. The molecule has 1 aliphatic rings. The van der Waals surface area contributed by atoms with Gasteiger partial charge in [-0.3, -0.25) is 4.79 Å². The molecule has 1 aromatic rings. The number of aryl methyl sites for hydroxylation is 1. The maximum absolute atomic E-state index is 12.4. The fourth-order valence-corrected chi connectivity index (χ4v) is 3.23. The molecule has 0 bridgehead atoms. The predicted molar refractivity (Wildman–Crippen MR) is 102 cm³/mol. The van der Waals surface area contributed by atoms with Crippen molar-refractivity contribution in [2.75, 3.05) is 26.8 Å².